The summed E-state index contributed by atoms with van der Waals surface area (Å²) in [6.45, 7) is 0. The van der Waals surface area contributed by atoms with E-state index in [1.807, 2.05) is 0 Å². The van der Waals surface area contributed by atoms with Crippen LogP contribution < -0.4 is 17.2 Å². The van der Waals surface area contributed by atoms with Crippen molar-refractivity contribution in [3.8, 4) is 0 Å². The lowest BCUT2D eigenvalue weighted by Gasteiger charge is -2.17. The Kier molecular flexibility index (Phi) is 5.40. The van der Waals surface area contributed by atoms with Gasteiger partial charge in [-0.05, 0) is 60.7 Å². The molecule has 31 heavy (non-hydrogen) atoms. The molecule has 3 aromatic rings. The molecule has 3 aromatic carbocycles. The minimum Gasteiger partial charge on any atom is -0.399 e. The van der Waals surface area contributed by atoms with Crippen molar-refractivity contribution in [3.05, 3.63) is 66.2 Å². The smallest absolute Gasteiger partial charge is 0.399 e. The van der Waals surface area contributed by atoms with E-state index in [4.69, 9.17) is 17.2 Å². The zero-order chi connectivity index (χ0) is 23.2. The highest BCUT2D eigenvalue weighted by atomic mass is 32.2. The highest BCUT2D eigenvalue weighted by molar-refractivity contribution is 7.92. The third kappa shape index (κ3) is 4.16. The van der Waals surface area contributed by atoms with Crippen LogP contribution in [0, 0.1) is 0 Å². The van der Waals surface area contributed by atoms with E-state index in [9.17, 15) is 30.0 Å². The van der Waals surface area contributed by atoms with Crippen molar-refractivity contribution in [2.45, 2.75) is 25.8 Å². The molecule has 0 aromatic heterocycles. The third-order valence-electron chi connectivity index (χ3n) is 4.38. The van der Waals surface area contributed by atoms with Crippen LogP contribution in [0.2, 0.25) is 0 Å². The maximum absolute atomic E-state index is 13.6. The highest BCUT2D eigenvalue weighted by Crippen LogP contribution is 2.41. The third-order valence-corrected chi connectivity index (χ3v) is 8.01. The predicted octanol–water partition coefficient (Wildman–Crippen LogP) is 3.12. The first-order valence-corrected chi connectivity index (χ1v) is 11.4. The summed E-state index contributed by atoms with van der Waals surface area (Å²) in [5.74, 6) is 0. The molecule has 0 aliphatic heterocycles. The summed E-state index contributed by atoms with van der Waals surface area (Å²) < 4.78 is 92.8. The first kappa shape index (κ1) is 22.4. The Labute approximate surface area is 176 Å². The first-order chi connectivity index (χ1) is 14.2. The maximum atomic E-state index is 13.6. The normalized spacial score (nSPS) is 12.6. The standard InChI is InChI=1S/C19H16F3N3O4S2/c20-19(21,22)15-9-16(25)18(31(28,29)14-7-3-12(24)4-8-14)10-17(15)30(26,27)13-5-1-11(23)2-6-13/h1-10H,23-25H2. The number of benzene rings is 3. The monoisotopic (exact) mass is 471 g/mol. The summed E-state index contributed by atoms with van der Waals surface area (Å²) >= 11 is 0. The molecule has 12 heteroatoms. The van der Waals surface area contributed by atoms with Crippen LogP contribution in [-0.4, -0.2) is 16.8 Å². The number of sulfone groups is 2. The Morgan fingerprint density at radius 2 is 1.00 bits per heavy atom. The summed E-state index contributed by atoms with van der Waals surface area (Å²) in [6, 6.07) is 9.99. The molecule has 0 radical (unpaired) electrons. The Hall–Kier alpha value is -3.25. The van der Waals surface area contributed by atoms with E-state index in [0.29, 0.717) is 12.1 Å². The topological polar surface area (TPSA) is 146 Å². The largest absolute Gasteiger partial charge is 0.417 e. The molecule has 0 amide bonds. The van der Waals surface area contributed by atoms with E-state index < -0.39 is 51.8 Å². The van der Waals surface area contributed by atoms with Crippen LogP contribution in [0.25, 0.3) is 0 Å². The lowest BCUT2D eigenvalue weighted by atomic mass is 10.2. The van der Waals surface area contributed by atoms with Crippen LogP contribution in [0.3, 0.4) is 0 Å². The van der Waals surface area contributed by atoms with Gasteiger partial charge in [-0.2, -0.15) is 13.2 Å². The number of halogens is 3. The number of nitrogen functional groups attached to an aromatic ring is 3. The summed E-state index contributed by atoms with van der Waals surface area (Å²) in [7, 11) is -9.23. The second-order valence-corrected chi connectivity index (χ2v) is 10.4. The lowest BCUT2D eigenvalue weighted by molar-refractivity contribution is -0.139. The van der Waals surface area contributed by atoms with E-state index >= 15 is 0 Å². The summed E-state index contributed by atoms with van der Waals surface area (Å²) in [4.78, 5) is -2.83. The molecule has 0 aliphatic carbocycles. The van der Waals surface area contributed by atoms with Gasteiger partial charge in [0, 0.05) is 11.4 Å². The van der Waals surface area contributed by atoms with E-state index in [-0.39, 0.29) is 16.3 Å². The first-order valence-electron chi connectivity index (χ1n) is 8.46. The van der Waals surface area contributed by atoms with Gasteiger partial charge < -0.3 is 17.2 Å². The molecule has 0 atom stereocenters. The minimum absolute atomic E-state index is 0.193. The maximum Gasteiger partial charge on any atom is 0.417 e. The van der Waals surface area contributed by atoms with Gasteiger partial charge in [0.1, 0.15) is 0 Å². The molecular weight excluding hydrogens is 455 g/mol. The number of anilines is 3. The van der Waals surface area contributed by atoms with E-state index in [0.717, 1.165) is 24.3 Å². The van der Waals surface area contributed by atoms with Gasteiger partial charge >= 0.3 is 6.18 Å². The minimum atomic E-state index is -5.12. The average Bonchev–Trinajstić information content (AvgIpc) is 2.67. The quantitative estimate of drug-likeness (QED) is 0.496. The molecule has 0 bridgehead atoms. The van der Waals surface area contributed by atoms with Gasteiger partial charge in [0.15, 0.2) is 0 Å². The van der Waals surface area contributed by atoms with E-state index in [1.54, 1.807) is 0 Å². The van der Waals surface area contributed by atoms with Gasteiger partial charge in [-0.1, -0.05) is 0 Å². The van der Waals surface area contributed by atoms with E-state index in [2.05, 4.69) is 0 Å². The fraction of sp³-hybridized carbons (Fsp3) is 0.0526. The van der Waals surface area contributed by atoms with Crippen molar-refractivity contribution in [1.29, 1.82) is 0 Å². The molecule has 0 unspecified atom stereocenters. The zero-order valence-electron chi connectivity index (χ0n) is 15.6. The molecule has 7 nitrogen and oxygen atoms in total. The Bertz CT molecular complexity index is 1350. The van der Waals surface area contributed by atoms with Crippen molar-refractivity contribution < 1.29 is 30.0 Å². The zero-order valence-corrected chi connectivity index (χ0v) is 17.2. The molecule has 0 aliphatic rings. The van der Waals surface area contributed by atoms with Gasteiger partial charge in [0.2, 0.25) is 19.7 Å². The van der Waals surface area contributed by atoms with Crippen LogP contribution in [0.1, 0.15) is 5.56 Å². The van der Waals surface area contributed by atoms with Crippen LogP contribution in [-0.2, 0) is 25.9 Å². The van der Waals surface area contributed by atoms with Crippen LogP contribution >= 0.6 is 0 Å². The molecule has 0 heterocycles. The predicted molar refractivity (Wildman–Crippen MR) is 108 cm³/mol. The Morgan fingerprint density at radius 3 is 1.39 bits per heavy atom. The molecule has 0 fully saturated rings. The molecule has 164 valence electrons. The molecule has 0 saturated carbocycles. The number of nitrogens with two attached hydrogens (primary N) is 3. The average molecular weight is 471 g/mol. The van der Waals surface area contributed by atoms with Crippen molar-refractivity contribution in [3.63, 3.8) is 0 Å². The fourth-order valence-corrected chi connectivity index (χ4v) is 5.75. The molecular formula is C19H16F3N3O4S2. The van der Waals surface area contributed by atoms with Gasteiger partial charge in [0.05, 0.1) is 30.8 Å². The van der Waals surface area contributed by atoms with Crippen molar-refractivity contribution in [2.75, 3.05) is 17.2 Å². The van der Waals surface area contributed by atoms with Crippen LogP contribution in [0.15, 0.2) is 80.2 Å². The molecule has 0 spiro atoms. The number of rotatable bonds is 4. The van der Waals surface area contributed by atoms with Crippen LogP contribution in [0.4, 0.5) is 30.2 Å². The summed E-state index contributed by atoms with van der Waals surface area (Å²) in [5, 5.41) is 0. The fourth-order valence-electron chi connectivity index (χ4n) is 2.80. The second kappa shape index (κ2) is 7.46. The molecule has 0 saturated heterocycles. The van der Waals surface area contributed by atoms with Gasteiger partial charge in [-0.15, -0.1) is 0 Å². The lowest BCUT2D eigenvalue weighted by Crippen LogP contribution is -2.17. The Morgan fingerprint density at radius 1 is 0.613 bits per heavy atom. The number of alkyl halides is 3. The SMILES string of the molecule is Nc1ccc(S(=O)(=O)c2cc(S(=O)(=O)c3ccc(N)cc3)c(C(F)(F)F)cc2N)cc1. The molecule has 6 N–H and O–H groups in total. The second-order valence-electron chi connectivity index (χ2n) is 6.53. The van der Waals surface area contributed by atoms with Gasteiger partial charge in [-0.3, -0.25) is 0 Å². The van der Waals surface area contributed by atoms with Crippen molar-refractivity contribution in [2.24, 2.45) is 0 Å². The van der Waals surface area contributed by atoms with E-state index in [1.165, 1.54) is 24.3 Å². The summed E-state index contributed by atoms with van der Waals surface area (Å²) in [5.41, 5.74) is 14.8. The van der Waals surface area contributed by atoms with Gasteiger partial charge in [-0.25, -0.2) is 16.8 Å². The number of hydrogen-bond donors (Lipinski definition) is 3. The number of hydrogen-bond acceptors (Lipinski definition) is 7. The molecule has 3 rings (SSSR count). The van der Waals surface area contributed by atoms with Crippen molar-refractivity contribution >= 4 is 36.7 Å². The van der Waals surface area contributed by atoms with Crippen molar-refractivity contribution in [1.82, 2.24) is 0 Å². The van der Waals surface area contributed by atoms with Crippen LogP contribution in [0.5, 0.6) is 0 Å². The Balaban J connectivity index is 2.33. The van der Waals surface area contributed by atoms with Gasteiger partial charge in [0.25, 0.3) is 0 Å². The summed E-state index contributed by atoms with van der Waals surface area (Å²) in [6.07, 6.45) is -5.12. The highest BCUT2D eigenvalue weighted by Gasteiger charge is 2.40.